The lowest BCUT2D eigenvalue weighted by Gasteiger charge is -2.35. The summed E-state index contributed by atoms with van der Waals surface area (Å²) in [5.41, 5.74) is 0.806. The van der Waals surface area contributed by atoms with Gasteiger partial charge in [-0.1, -0.05) is 0 Å². The Kier molecular flexibility index (Phi) is 5.30. The van der Waals surface area contributed by atoms with Crippen LogP contribution in [0.3, 0.4) is 0 Å². The Labute approximate surface area is 168 Å². The number of piperazine rings is 1. The maximum atomic E-state index is 12.6. The molecule has 1 aliphatic rings. The average molecular weight is 398 g/mol. The third-order valence-electron chi connectivity index (χ3n) is 5.03. The zero-order valence-electron chi connectivity index (χ0n) is 17.0. The van der Waals surface area contributed by atoms with E-state index in [2.05, 4.69) is 35.3 Å². The number of nitrogens with one attached hydrogen (secondary N) is 1. The molecule has 1 fully saturated rings. The maximum Gasteiger partial charge on any atom is 0.323 e. The van der Waals surface area contributed by atoms with Crippen molar-refractivity contribution in [1.82, 2.24) is 39.3 Å². The molecule has 4 rings (SSSR count). The lowest BCUT2D eigenvalue weighted by Crippen LogP contribution is -2.50. The molecule has 0 aliphatic carbocycles. The molecular formula is C18H26N10O. The third-order valence-corrected chi connectivity index (χ3v) is 5.03. The summed E-state index contributed by atoms with van der Waals surface area (Å²) in [6.45, 7) is 4.29. The van der Waals surface area contributed by atoms with Gasteiger partial charge in [0.2, 0.25) is 0 Å². The molecule has 4 heterocycles. The predicted molar refractivity (Wildman–Crippen MR) is 110 cm³/mol. The highest BCUT2D eigenvalue weighted by atomic mass is 16.2. The van der Waals surface area contributed by atoms with Gasteiger partial charge in [-0.05, 0) is 14.1 Å². The molecule has 29 heavy (non-hydrogen) atoms. The SMILES string of the molecule is CN(C)CCn1ccc(NC(=O)N2CCN(c3ncnc4c3cnn4C)CC2)n1. The van der Waals surface area contributed by atoms with Crippen molar-refractivity contribution >= 4 is 28.7 Å². The van der Waals surface area contributed by atoms with Gasteiger partial charge in [-0.2, -0.15) is 10.2 Å². The molecule has 0 radical (unpaired) electrons. The van der Waals surface area contributed by atoms with Gasteiger partial charge in [-0.15, -0.1) is 0 Å². The Balaban J connectivity index is 1.34. The molecule has 1 N–H and O–H groups in total. The van der Waals surface area contributed by atoms with Gasteiger partial charge in [0.15, 0.2) is 11.5 Å². The molecule has 0 unspecified atom stereocenters. The normalized spacial score (nSPS) is 14.8. The first-order chi connectivity index (χ1) is 14.0. The number of amides is 2. The number of aromatic nitrogens is 6. The number of hydrogen-bond donors (Lipinski definition) is 1. The largest absolute Gasteiger partial charge is 0.352 e. The second-order valence-electron chi connectivity index (χ2n) is 7.37. The molecule has 3 aromatic heterocycles. The fourth-order valence-corrected chi connectivity index (χ4v) is 3.37. The van der Waals surface area contributed by atoms with Crippen LogP contribution in [0.15, 0.2) is 24.8 Å². The Morgan fingerprint density at radius 3 is 2.76 bits per heavy atom. The van der Waals surface area contributed by atoms with Gasteiger partial charge in [0.1, 0.15) is 12.1 Å². The van der Waals surface area contributed by atoms with Crippen LogP contribution in [0.25, 0.3) is 11.0 Å². The number of fused-ring (bicyclic) bond motifs is 1. The molecule has 1 saturated heterocycles. The van der Waals surface area contributed by atoms with Crippen molar-refractivity contribution in [2.24, 2.45) is 7.05 Å². The second kappa shape index (κ2) is 8.03. The van der Waals surface area contributed by atoms with E-state index in [0.29, 0.717) is 32.0 Å². The molecule has 11 heteroatoms. The fraction of sp³-hybridized carbons (Fsp3) is 0.500. The van der Waals surface area contributed by atoms with Crippen molar-refractivity contribution in [2.75, 3.05) is 57.0 Å². The monoisotopic (exact) mass is 398 g/mol. The van der Waals surface area contributed by atoms with E-state index in [0.717, 1.165) is 29.9 Å². The zero-order chi connectivity index (χ0) is 20.4. The Morgan fingerprint density at radius 2 is 2.00 bits per heavy atom. The van der Waals surface area contributed by atoms with Crippen LogP contribution >= 0.6 is 0 Å². The number of carbonyl (C=O) groups is 1. The van der Waals surface area contributed by atoms with Gasteiger partial charge in [0.05, 0.1) is 18.1 Å². The van der Waals surface area contributed by atoms with E-state index in [1.807, 2.05) is 38.1 Å². The maximum absolute atomic E-state index is 12.6. The number of anilines is 2. The molecule has 0 aromatic carbocycles. The van der Waals surface area contributed by atoms with E-state index in [-0.39, 0.29) is 6.03 Å². The highest BCUT2D eigenvalue weighted by molar-refractivity contribution is 5.89. The molecule has 154 valence electrons. The Hall–Kier alpha value is -3.21. The number of carbonyl (C=O) groups excluding carboxylic acids is 1. The molecule has 0 saturated carbocycles. The van der Waals surface area contributed by atoms with E-state index in [1.165, 1.54) is 0 Å². The minimum atomic E-state index is -0.128. The van der Waals surface area contributed by atoms with Crippen molar-refractivity contribution < 1.29 is 4.79 Å². The van der Waals surface area contributed by atoms with Crippen LogP contribution in [0.1, 0.15) is 0 Å². The zero-order valence-corrected chi connectivity index (χ0v) is 17.0. The smallest absolute Gasteiger partial charge is 0.323 e. The summed E-state index contributed by atoms with van der Waals surface area (Å²) in [5.74, 6) is 1.44. The lowest BCUT2D eigenvalue weighted by atomic mass is 10.3. The van der Waals surface area contributed by atoms with E-state index in [1.54, 1.807) is 22.1 Å². The van der Waals surface area contributed by atoms with Crippen molar-refractivity contribution in [3.63, 3.8) is 0 Å². The summed E-state index contributed by atoms with van der Waals surface area (Å²) in [5, 5.41) is 12.5. The van der Waals surface area contributed by atoms with E-state index in [4.69, 9.17) is 0 Å². The summed E-state index contributed by atoms with van der Waals surface area (Å²) in [6.07, 6.45) is 5.23. The van der Waals surface area contributed by atoms with Crippen LogP contribution in [0.5, 0.6) is 0 Å². The lowest BCUT2D eigenvalue weighted by molar-refractivity contribution is 0.208. The highest BCUT2D eigenvalue weighted by Gasteiger charge is 2.24. The van der Waals surface area contributed by atoms with Crippen LogP contribution in [0.2, 0.25) is 0 Å². The van der Waals surface area contributed by atoms with Gasteiger partial charge >= 0.3 is 6.03 Å². The van der Waals surface area contributed by atoms with E-state index >= 15 is 0 Å². The van der Waals surface area contributed by atoms with E-state index in [9.17, 15) is 4.79 Å². The fourth-order valence-electron chi connectivity index (χ4n) is 3.37. The van der Waals surface area contributed by atoms with Crippen molar-refractivity contribution in [2.45, 2.75) is 6.54 Å². The summed E-state index contributed by atoms with van der Waals surface area (Å²) in [6, 6.07) is 1.70. The quantitative estimate of drug-likeness (QED) is 0.667. The molecule has 1 aliphatic heterocycles. The van der Waals surface area contributed by atoms with Gasteiger partial charge < -0.3 is 14.7 Å². The summed E-state index contributed by atoms with van der Waals surface area (Å²) in [4.78, 5) is 27.4. The van der Waals surface area contributed by atoms with Crippen molar-refractivity contribution in [1.29, 1.82) is 0 Å². The molecule has 0 bridgehead atoms. The van der Waals surface area contributed by atoms with Gasteiger partial charge in [-0.25, -0.2) is 14.8 Å². The first kappa shape index (κ1) is 19.1. The van der Waals surface area contributed by atoms with Gasteiger partial charge in [0, 0.05) is 52.0 Å². The first-order valence-electron chi connectivity index (χ1n) is 9.63. The summed E-state index contributed by atoms with van der Waals surface area (Å²) < 4.78 is 3.57. The number of aryl methyl sites for hydroxylation is 1. The average Bonchev–Trinajstić information content (AvgIpc) is 3.33. The highest BCUT2D eigenvalue weighted by Crippen LogP contribution is 2.23. The Bertz CT molecular complexity index is 986. The minimum absolute atomic E-state index is 0.128. The number of likely N-dealkylation sites (N-methyl/N-ethyl adjacent to an activating group) is 1. The van der Waals surface area contributed by atoms with Crippen LogP contribution in [-0.4, -0.2) is 92.2 Å². The van der Waals surface area contributed by atoms with E-state index < -0.39 is 0 Å². The second-order valence-corrected chi connectivity index (χ2v) is 7.37. The molecule has 0 spiro atoms. The van der Waals surface area contributed by atoms with Crippen LogP contribution in [-0.2, 0) is 13.6 Å². The van der Waals surface area contributed by atoms with Crippen molar-refractivity contribution in [3.8, 4) is 0 Å². The topological polar surface area (TPSA) is 100 Å². The van der Waals surface area contributed by atoms with Crippen LogP contribution < -0.4 is 10.2 Å². The van der Waals surface area contributed by atoms with Crippen LogP contribution in [0, 0.1) is 0 Å². The van der Waals surface area contributed by atoms with Crippen molar-refractivity contribution in [3.05, 3.63) is 24.8 Å². The number of hydrogen-bond acceptors (Lipinski definition) is 7. The van der Waals surface area contributed by atoms with Gasteiger partial charge in [0.25, 0.3) is 0 Å². The summed E-state index contributed by atoms with van der Waals surface area (Å²) >= 11 is 0. The molecule has 3 aromatic rings. The standard InChI is InChI=1S/C18H26N10O/c1-24(2)6-11-28-5-4-15(23-28)22-18(29)27-9-7-26(8-10-27)17-14-12-21-25(3)16(14)19-13-20-17/h4-5,12-13H,6-11H2,1-3H3,(H,22,23,29). The molecule has 11 nitrogen and oxygen atoms in total. The van der Waals surface area contributed by atoms with Gasteiger partial charge in [-0.3, -0.25) is 14.7 Å². The third kappa shape index (κ3) is 4.14. The predicted octanol–water partition coefficient (Wildman–Crippen LogP) is 0.476. The molecule has 0 atom stereocenters. The first-order valence-corrected chi connectivity index (χ1v) is 9.63. The Morgan fingerprint density at radius 1 is 1.21 bits per heavy atom. The number of nitrogens with zero attached hydrogens (tertiary/aromatic N) is 9. The minimum Gasteiger partial charge on any atom is -0.352 e. The number of rotatable bonds is 5. The summed E-state index contributed by atoms with van der Waals surface area (Å²) in [7, 11) is 5.91. The molecular weight excluding hydrogens is 372 g/mol. The molecule has 2 amide bonds. The number of urea groups is 1. The van der Waals surface area contributed by atoms with Crippen LogP contribution in [0.4, 0.5) is 16.4 Å².